The molecule has 0 amide bonds. The number of nitrogens with zero attached hydrogens (tertiary/aromatic N) is 2. The van der Waals surface area contributed by atoms with Crippen molar-refractivity contribution in [3.8, 4) is 5.69 Å². The van der Waals surface area contributed by atoms with E-state index in [0.29, 0.717) is 22.5 Å². The molecule has 0 saturated heterocycles. The van der Waals surface area contributed by atoms with Crippen LogP contribution in [-0.4, -0.2) is 9.55 Å². The van der Waals surface area contributed by atoms with E-state index in [2.05, 4.69) is 4.98 Å². The molecule has 2 aromatic heterocycles. The van der Waals surface area contributed by atoms with Gasteiger partial charge in [-0.05, 0) is 48.6 Å². The number of hydrogen-bond donors (Lipinski definition) is 0. The SMILES string of the molecule is O=c1c2ccccc2nc(/C=C/c2ccco2)n1-c1ccccc1. The van der Waals surface area contributed by atoms with Crippen molar-refractivity contribution in [2.24, 2.45) is 0 Å². The van der Waals surface area contributed by atoms with Gasteiger partial charge in [-0.15, -0.1) is 0 Å². The first-order valence-corrected chi connectivity index (χ1v) is 7.62. The minimum atomic E-state index is -0.0918. The van der Waals surface area contributed by atoms with Crippen LogP contribution < -0.4 is 5.56 Å². The highest BCUT2D eigenvalue weighted by Gasteiger charge is 2.10. The first kappa shape index (κ1) is 14.2. The van der Waals surface area contributed by atoms with Crippen LogP contribution in [0.4, 0.5) is 0 Å². The van der Waals surface area contributed by atoms with Crippen LogP contribution in [0.2, 0.25) is 0 Å². The topological polar surface area (TPSA) is 48.0 Å². The van der Waals surface area contributed by atoms with Gasteiger partial charge in [0.2, 0.25) is 0 Å². The summed E-state index contributed by atoms with van der Waals surface area (Å²) in [6.07, 6.45) is 5.20. The predicted molar refractivity (Wildman–Crippen MR) is 95.0 cm³/mol. The van der Waals surface area contributed by atoms with E-state index in [1.807, 2.05) is 60.7 Å². The van der Waals surface area contributed by atoms with E-state index < -0.39 is 0 Å². The Morgan fingerprint density at radius 3 is 2.46 bits per heavy atom. The van der Waals surface area contributed by atoms with Gasteiger partial charge >= 0.3 is 0 Å². The van der Waals surface area contributed by atoms with Gasteiger partial charge in [0, 0.05) is 0 Å². The molecular weight excluding hydrogens is 300 g/mol. The van der Waals surface area contributed by atoms with Gasteiger partial charge in [-0.2, -0.15) is 0 Å². The van der Waals surface area contributed by atoms with Gasteiger partial charge in [0.1, 0.15) is 11.6 Å². The van der Waals surface area contributed by atoms with E-state index in [4.69, 9.17) is 4.42 Å². The van der Waals surface area contributed by atoms with Crippen LogP contribution in [0.3, 0.4) is 0 Å². The minimum Gasteiger partial charge on any atom is -0.465 e. The molecule has 0 unspecified atom stereocenters. The van der Waals surface area contributed by atoms with Crippen molar-refractivity contribution in [1.29, 1.82) is 0 Å². The molecule has 24 heavy (non-hydrogen) atoms. The number of benzene rings is 2. The van der Waals surface area contributed by atoms with Crippen LogP contribution in [0.15, 0.2) is 82.2 Å². The van der Waals surface area contributed by atoms with Crippen molar-refractivity contribution >= 4 is 23.1 Å². The largest absolute Gasteiger partial charge is 0.465 e. The molecule has 0 aliphatic carbocycles. The van der Waals surface area contributed by atoms with Crippen molar-refractivity contribution in [2.75, 3.05) is 0 Å². The number of fused-ring (bicyclic) bond motifs is 1. The van der Waals surface area contributed by atoms with Crippen molar-refractivity contribution in [1.82, 2.24) is 9.55 Å². The third-order valence-corrected chi connectivity index (χ3v) is 3.76. The van der Waals surface area contributed by atoms with Gasteiger partial charge in [-0.1, -0.05) is 30.3 Å². The summed E-state index contributed by atoms with van der Waals surface area (Å²) in [6, 6.07) is 20.5. The Balaban J connectivity index is 1.98. The maximum Gasteiger partial charge on any atom is 0.266 e. The lowest BCUT2D eigenvalue weighted by Crippen LogP contribution is -2.22. The summed E-state index contributed by atoms with van der Waals surface area (Å²) in [6.45, 7) is 0. The summed E-state index contributed by atoms with van der Waals surface area (Å²) in [4.78, 5) is 17.6. The molecule has 0 saturated carbocycles. The fourth-order valence-electron chi connectivity index (χ4n) is 2.63. The Bertz CT molecular complexity index is 1060. The Labute approximate surface area is 138 Å². The van der Waals surface area contributed by atoms with Crippen LogP contribution in [0.25, 0.3) is 28.7 Å². The third-order valence-electron chi connectivity index (χ3n) is 3.76. The molecule has 0 N–H and O–H groups in total. The number of rotatable bonds is 3. The second-order valence-electron chi connectivity index (χ2n) is 5.31. The Hall–Kier alpha value is -3.40. The minimum absolute atomic E-state index is 0.0918. The standard InChI is InChI=1S/C20H14N2O2/c23-20-17-10-4-5-11-18(17)21-19(13-12-16-9-6-14-24-16)22(20)15-7-2-1-3-8-15/h1-14H/b13-12+. The number of furan rings is 1. The second kappa shape index (κ2) is 6.01. The molecule has 0 aliphatic heterocycles. The summed E-state index contributed by atoms with van der Waals surface area (Å²) in [7, 11) is 0. The van der Waals surface area contributed by atoms with E-state index in [9.17, 15) is 4.79 Å². The Morgan fingerprint density at radius 1 is 0.875 bits per heavy atom. The van der Waals surface area contributed by atoms with Crippen LogP contribution in [0, 0.1) is 0 Å². The number of para-hydroxylation sites is 2. The molecule has 4 aromatic rings. The van der Waals surface area contributed by atoms with E-state index in [-0.39, 0.29) is 5.56 Å². The van der Waals surface area contributed by atoms with E-state index in [0.717, 1.165) is 5.69 Å². The smallest absolute Gasteiger partial charge is 0.266 e. The third kappa shape index (κ3) is 2.54. The molecule has 0 aliphatic rings. The van der Waals surface area contributed by atoms with E-state index in [1.165, 1.54) is 0 Å². The van der Waals surface area contributed by atoms with Gasteiger partial charge in [0.05, 0.1) is 22.9 Å². The molecule has 2 aromatic carbocycles. The molecule has 4 nitrogen and oxygen atoms in total. The maximum atomic E-state index is 13.0. The lowest BCUT2D eigenvalue weighted by Gasteiger charge is -2.11. The molecule has 0 fully saturated rings. The van der Waals surface area contributed by atoms with Crippen LogP contribution >= 0.6 is 0 Å². The summed E-state index contributed by atoms with van der Waals surface area (Å²) < 4.78 is 6.93. The van der Waals surface area contributed by atoms with Crippen molar-refractivity contribution in [3.05, 3.63) is 94.9 Å². The molecule has 0 spiro atoms. The molecule has 0 atom stereocenters. The van der Waals surface area contributed by atoms with Gasteiger partial charge in [-0.25, -0.2) is 4.98 Å². The molecule has 4 heteroatoms. The average molecular weight is 314 g/mol. The first-order valence-electron chi connectivity index (χ1n) is 7.62. The fraction of sp³-hybridized carbons (Fsp3) is 0. The highest BCUT2D eigenvalue weighted by atomic mass is 16.3. The Morgan fingerprint density at radius 2 is 1.67 bits per heavy atom. The van der Waals surface area contributed by atoms with E-state index >= 15 is 0 Å². The average Bonchev–Trinajstić information content (AvgIpc) is 3.14. The molecular formula is C20H14N2O2. The predicted octanol–water partition coefficient (Wildman–Crippen LogP) is 4.15. The van der Waals surface area contributed by atoms with Gasteiger partial charge < -0.3 is 4.42 Å². The lowest BCUT2D eigenvalue weighted by atomic mass is 10.2. The normalized spacial score (nSPS) is 11.3. The molecule has 0 radical (unpaired) electrons. The molecule has 4 rings (SSSR count). The summed E-state index contributed by atoms with van der Waals surface area (Å²) in [5.41, 5.74) is 1.36. The quantitative estimate of drug-likeness (QED) is 0.571. The highest BCUT2D eigenvalue weighted by Crippen LogP contribution is 2.15. The zero-order chi connectivity index (χ0) is 16.4. The zero-order valence-corrected chi connectivity index (χ0v) is 12.8. The lowest BCUT2D eigenvalue weighted by molar-refractivity contribution is 0.557. The van der Waals surface area contributed by atoms with E-state index in [1.54, 1.807) is 29.0 Å². The number of hydrogen-bond acceptors (Lipinski definition) is 3. The Kier molecular flexibility index (Phi) is 3.56. The monoisotopic (exact) mass is 314 g/mol. The fourth-order valence-corrected chi connectivity index (χ4v) is 2.63. The summed E-state index contributed by atoms with van der Waals surface area (Å²) >= 11 is 0. The van der Waals surface area contributed by atoms with Crippen molar-refractivity contribution < 1.29 is 4.42 Å². The van der Waals surface area contributed by atoms with Gasteiger partial charge in [0.25, 0.3) is 5.56 Å². The van der Waals surface area contributed by atoms with Gasteiger partial charge in [-0.3, -0.25) is 9.36 Å². The molecule has 0 bridgehead atoms. The second-order valence-corrected chi connectivity index (χ2v) is 5.31. The first-order chi connectivity index (χ1) is 11.8. The van der Waals surface area contributed by atoms with Crippen molar-refractivity contribution in [2.45, 2.75) is 0 Å². The van der Waals surface area contributed by atoms with Gasteiger partial charge in [0.15, 0.2) is 0 Å². The summed E-state index contributed by atoms with van der Waals surface area (Å²) in [5.74, 6) is 1.26. The molecule has 2 heterocycles. The van der Waals surface area contributed by atoms with Crippen molar-refractivity contribution in [3.63, 3.8) is 0 Å². The van der Waals surface area contributed by atoms with Crippen LogP contribution in [0.5, 0.6) is 0 Å². The van der Waals surface area contributed by atoms with Crippen LogP contribution in [0.1, 0.15) is 11.6 Å². The van der Waals surface area contributed by atoms with Crippen LogP contribution in [-0.2, 0) is 0 Å². The molecule has 116 valence electrons. The number of aromatic nitrogens is 2. The maximum absolute atomic E-state index is 13.0. The zero-order valence-electron chi connectivity index (χ0n) is 12.8. The highest BCUT2D eigenvalue weighted by molar-refractivity contribution is 5.79. The summed E-state index contributed by atoms with van der Waals surface area (Å²) in [5, 5.41) is 0.594.